The smallest absolute Gasteiger partial charge is 0.164 e. The molecule has 0 radical (unpaired) electrons. The van der Waals surface area contributed by atoms with Crippen LogP contribution < -0.4 is 5.73 Å². The minimum atomic E-state index is -0.0629. The van der Waals surface area contributed by atoms with Crippen molar-refractivity contribution in [3.8, 4) is 5.69 Å². The fourth-order valence-corrected chi connectivity index (χ4v) is 4.49. The molecule has 0 amide bonds. The summed E-state index contributed by atoms with van der Waals surface area (Å²) in [5.74, 6) is 0.871. The Morgan fingerprint density at radius 2 is 2.03 bits per heavy atom. The zero-order valence-electron chi connectivity index (χ0n) is 16.8. The van der Waals surface area contributed by atoms with Gasteiger partial charge in [0, 0.05) is 16.6 Å². The number of hydrogen-bond donors (Lipinski definition) is 1. The van der Waals surface area contributed by atoms with Crippen molar-refractivity contribution >= 4 is 39.4 Å². The summed E-state index contributed by atoms with van der Waals surface area (Å²) >= 11 is 6.35. The van der Waals surface area contributed by atoms with E-state index in [4.69, 9.17) is 27.5 Å². The Bertz CT molecular complexity index is 1430. The number of halogens is 1. The molecule has 4 aromatic heterocycles. The van der Waals surface area contributed by atoms with E-state index in [2.05, 4.69) is 15.0 Å². The molecule has 1 fully saturated rings. The first-order chi connectivity index (χ1) is 15.1. The number of hydrogen-bond acceptors (Lipinski definition) is 6. The molecule has 0 aliphatic heterocycles. The molecule has 8 nitrogen and oxygen atoms in total. The summed E-state index contributed by atoms with van der Waals surface area (Å²) < 4.78 is 3.88. The standard InChI is InChI=1S/C22H19ClN8/c1-12-18-21(24)26-11-27-22(18)31(28-12)20(13-4-5-13)19-16-7-6-14(23)9-17(16)30(29-19)15-3-2-8-25-10-15/h2-3,6-11,13,20H,4-5H2,1H3,(H2,24,26,27). The highest BCUT2D eigenvalue weighted by molar-refractivity contribution is 6.31. The monoisotopic (exact) mass is 430 g/mol. The third-order valence-corrected chi connectivity index (χ3v) is 6.10. The van der Waals surface area contributed by atoms with E-state index in [1.807, 2.05) is 46.6 Å². The Morgan fingerprint density at radius 3 is 2.81 bits per heavy atom. The van der Waals surface area contributed by atoms with Crippen molar-refractivity contribution in [3.63, 3.8) is 0 Å². The molecule has 1 aliphatic rings. The number of pyridine rings is 1. The van der Waals surface area contributed by atoms with Gasteiger partial charge in [0.25, 0.3) is 0 Å². The van der Waals surface area contributed by atoms with Gasteiger partial charge in [-0.1, -0.05) is 11.6 Å². The molecule has 4 heterocycles. The number of benzene rings is 1. The van der Waals surface area contributed by atoms with E-state index in [1.165, 1.54) is 6.33 Å². The van der Waals surface area contributed by atoms with Gasteiger partial charge in [0.05, 0.1) is 34.2 Å². The fourth-order valence-electron chi connectivity index (χ4n) is 4.32. The van der Waals surface area contributed by atoms with Crippen LogP contribution in [-0.2, 0) is 0 Å². The molecule has 1 saturated carbocycles. The molecule has 6 rings (SSSR count). The van der Waals surface area contributed by atoms with Crippen LogP contribution in [-0.4, -0.2) is 34.5 Å². The van der Waals surface area contributed by atoms with Crippen LogP contribution in [0.15, 0.2) is 49.1 Å². The summed E-state index contributed by atoms with van der Waals surface area (Å²) in [6, 6.07) is 9.69. The number of anilines is 1. The normalized spacial score (nSPS) is 15.0. The van der Waals surface area contributed by atoms with E-state index in [9.17, 15) is 0 Å². The number of aryl methyl sites for hydroxylation is 1. The van der Waals surface area contributed by atoms with Gasteiger partial charge >= 0.3 is 0 Å². The summed E-state index contributed by atoms with van der Waals surface area (Å²) in [5, 5.41) is 12.4. The second-order valence-corrected chi connectivity index (χ2v) is 8.38. The minimum absolute atomic E-state index is 0.0629. The molecule has 154 valence electrons. The number of nitrogen functional groups attached to an aromatic ring is 1. The van der Waals surface area contributed by atoms with Crippen LogP contribution >= 0.6 is 11.6 Å². The van der Waals surface area contributed by atoms with Crippen molar-refractivity contribution < 1.29 is 0 Å². The topological polar surface area (TPSA) is 100 Å². The predicted molar refractivity (Wildman–Crippen MR) is 119 cm³/mol. The van der Waals surface area contributed by atoms with Crippen LogP contribution in [0.5, 0.6) is 0 Å². The lowest BCUT2D eigenvalue weighted by atomic mass is 10.0. The maximum absolute atomic E-state index is 6.35. The predicted octanol–water partition coefficient (Wildman–Crippen LogP) is 4.10. The zero-order chi connectivity index (χ0) is 21.1. The van der Waals surface area contributed by atoms with Gasteiger partial charge < -0.3 is 5.73 Å². The molecule has 0 spiro atoms. The second-order valence-electron chi connectivity index (χ2n) is 7.94. The average Bonchev–Trinajstić information content (AvgIpc) is 3.46. The SMILES string of the molecule is Cc1nn(C(c2nn(-c3cccnc3)c3cc(Cl)ccc23)C2CC2)c2ncnc(N)c12. The second kappa shape index (κ2) is 6.75. The van der Waals surface area contributed by atoms with E-state index in [1.54, 1.807) is 12.4 Å². The maximum Gasteiger partial charge on any atom is 0.164 e. The van der Waals surface area contributed by atoms with Crippen molar-refractivity contribution in [3.05, 3.63) is 65.5 Å². The summed E-state index contributed by atoms with van der Waals surface area (Å²) in [4.78, 5) is 12.9. The number of rotatable bonds is 4. The highest BCUT2D eigenvalue weighted by Crippen LogP contribution is 2.46. The molecule has 0 saturated heterocycles. The highest BCUT2D eigenvalue weighted by Gasteiger charge is 2.39. The van der Waals surface area contributed by atoms with Crippen LogP contribution in [0.3, 0.4) is 0 Å². The summed E-state index contributed by atoms with van der Waals surface area (Å²) in [6.45, 7) is 1.94. The molecule has 1 unspecified atom stereocenters. The van der Waals surface area contributed by atoms with Crippen LogP contribution in [0.1, 0.15) is 30.3 Å². The van der Waals surface area contributed by atoms with E-state index in [-0.39, 0.29) is 6.04 Å². The minimum Gasteiger partial charge on any atom is -0.383 e. The van der Waals surface area contributed by atoms with Gasteiger partial charge in [0.2, 0.25) is 0 Å². The molecular formula is C22H19ClN8. The Hall–Kier alpha value is -3.52. The van der Waals surface area contributed by atoms with Crippen molar-refractivity contribution in [2.75, 3.05) is 5.73 Å². The lowest BCUT2D eigenvalue weighted by molar-refractivity contribution is 0.468. The number of aromatic nitrogens is 7. The zero-order valence-corrected chi connectivity index (χ0v) is 17.5. The maximum atomic E-state index is 6.35. The average molecular weight is 431 g/mol. The first kappa shape index (κ1) is 18.3. The Labute approximate surface area is 182 Å². The third-order valence-electron chi connectivity index (χ3n) is 5.87. The van der Waals surface area contributed by atoms with Gasteiger partial charge in [-0.05, 0) is 56.0 Å². The van der Waals surface area contributed by atoms with E-state index >= 15 is 0 Å². The van der Waals surface area contributed by atoms with Crippen LogP contribution in [0.4, 0.5) is 5.82 Å². The number of nitrogens with two attached hydrogens (primary N) is 1. The number of fused-ring (bicyclic) bond motifs is 2. The molecule has 1 aliphatic carbocycles. The first-order valence-electron chi connectivity index (χ1n) is 10.2. The van der Waals surface area contributed by atoms with Gasteiger partial charge in [-0.3, -0.25) is 4.98 Å². The van der Waals surface area contributed by atoms with Crippen molar-refractivity contribution in [1.82, 2.24) is 34.5 Å². The lowest BCUT2D eigenvalue weighted by Gasteiger charge is -2.16. The van der Waals surface area contributed by atoms with Crippen LogP contribution in [0.25, 0.3) is 27.6 Å². The molecule has 2 N–H and O–H groups in total. The summed E-state index contributed by atoms with van der Waals surface area (Å²) in [6.07, 6.45) is 7.26. The van der Waals surface area contributed by atoms with Crippen molar-refractivity contribution in [1.29, 1.82) is 0 Å². The summed E-state index contributed by atoms with van der Waals surface area (Å²) in [5.41, 5.74) is 10.5. The Kier molecular flexibility index (Phi) is 3.97. The Morgan fingerprint density at radius 1 is 1.16 bits per heavy atom. The summed E-state index contributed by atoms with van der Waals surface area (Å²) in [7, 11) is 0. The van der Waals surface area contributed by atoms with E-state index in [0.29, 0.717) is 16.8 Å². The quantitative estimate of drug-likeness (QED) is 0.460. The third kappa shape index (κ3) is 2.86. The van der Waals surface area contributed by atoms with Gasteiger partial charge in [0.1, 0.15) is 18.2 Å². The Balaban J connectivity index is 1.63. The molecule has 1 aromatic carbocycles. The van der Waals surface area contributed by atoms with Crippen molar-refractivity contribution in [2.45, 2.75) is 25.8 Å². The number of nitrogens with zero attached hydrogens (tertiary/aromatic N) is 7. The molecule has 5 aromatic rings. The molecule has 0 bridgehead atoms. The fraction of sp³-hybridized carbons (Fsp3) is 0.227. The molecule has 9 heteroatoms. The van der Waals surface area contributed by atoms with Crippen LogP contribution in [0.2, 0.25) is 5.02 Å². The largest absolute Gasteiger partial charge is 0.383 e. The molecular weight excluding hydrogens is 412 g/mol. The van der Waals surface area contributed by atoms with Gasteiger partial charge in [-0.2, -0.15) is 10.2 Å². The lowest BCUT2D eigenvalue weighted by Crippen LogP contribution is -2.16. The van der Waals surface area contributed by atoms with E-state index < -0.39 is 0 Å². The van der Waals surface area contributed by atoms with E-state index in [0.717, 1.165) is 51.9 Å². The van der Waals surface area contributed by atoms with Gasteiger partial charge in [-0.15, -0.1) is 0 Å². The van der Waals surface area contributed by atoms with Crippen molar-refractivity contribution in [2.24, 2.45) is 5.92 Å². The highest BCUT2D eigenvalue weighted by atomic mass is 35.5. The first-order valence-corrected chi connectivity index (χ1v) is 10.5. The molecule has 1 atom stereocenters. The van der Waals surface area contributed by atoms with Crippen LogP contribution in [0, 0.1) is 12.8 Å². The molecule has 31 heavy (non-hydrogen) atoms. The van der Waals surface area contributed by atoms with Gasteiger partial charge in [-0.25, -0.2) is 19.3 Å². The van der Waals surface area contributed by atoms with Gasteiger partial charge in [0.15, 0.2) is 5.65 Å².